The van der Waals surface area contributed by atoms with Crippen molar-refractivity contribution in [2.24, 2.45) is 5.73 Å². The van der Waals surface area contributed by atoms with Crippen LogP contribution in [-0.4, -0.2) is 30.6 Å². The summed E-state index contributed by atoms with van der Waals surface area (Å²) in [6.07, 6.45) is 0. The molecule has 1 amide bonds. The lowest BCUT2D eigenvalue weighted by atomic mass is 10.2. The molecule has 0 aliphatic rings. The quantitative estimate of drug-likeness (QED) is 0.409. The predicted molar refractivity (Wildman–Crippen MR) is 64.8 cm³/mol. The zero-order chi connectivity index (χ0) is 13.4. The van der Waals surface area contributed by atoms with E-state index in [1.54, 1.807) is 18.2 Å². The van der Waals surface area contributed by atoms with E-state index in [4.69, 9.17) is 10.5 Å². The van der Waals surface area contributed by atoms with Gasteiger partial charge in [-0.3, -0.25) is 14.9 Å². The summed E-state index contributed by atoms with van der Waals surface area (Å²) in [4.78, 5) is 21.6. The summed E-state index contributed by atoms with van der Waals surface area (Å²) in [5, 5.41) is 13.3. The number of para-hydroxylation sites is 1. The average molecular weight is 253 g/mol. The molecule has 0 atom stereocenters. The van der Waals surface area contributed by atoms with Crippen molar-refractivity contribution in [3.63, 3.8) is 0 Å². The fraction of sp³-hybridized carbons (Fsp3) is 0.364. The van der Waals surface area contributed by atoms with Crippen LogP contribution in [0.5, 0.6) is 0 Å². The maximum atomic E-state index is 11.3. The molecule has 0 spiro atoms. The van der Waals surface area contributed by atoms with E-state index < -0.39 is 4.92 Å². The van der Waals surface area contributed by atoms with Crippen molar-refractivity contribution >= 4 is 11.6 Å². The highest BCUT2D eigenvalue weighted by Crippen LogP contribution is 2.16. The van der Waals surface area contributed by atoms with E-state index in [0.717, 1.165) is 0 Å². The Labute approximate surface area is 104 Å². The molecule has 0 radical (unpaired) electrons. The highest BCUT2D eigenvalue weighted by atomic mass is 16.6. The summed E-state index contributed by atoms with van der Waals surface area (Å²) >= 11 is 0. The lowest BCUT2D eigenvalue weighted by Gasteiger charge is -2.06. The normalized spacial score (nSPS) is 10.1. The minimum Gasteiger partial charge on any atom is -0.370 e. The van der Waals surface area contributed by atoms with Gasteiger partial charge in [0.2, 0.25) is 5.91 Å². The first-order valence-electron chi connectivity index (χ1n) is 5.42. The Morgan fingerprint density at radius 1 is 1.44 bits per heavy atom. The molecule has 1 aromatic rings. The van der Waals surface area contributed by atoms with Crippen LogP contribution >= 0.6 is 0 Å². The van der Waals surface area contributed by atoms with Gasteiger partial charge in [-0.05, 0) is 0 Å². The van der Waals surface area contributed by atoms with Crippen LogP contribution in [0.25, 0.3) is 0 Å². The Kier molecular flexibility index (Phi) is 5.75. The first-order valence-corrected chi connectivity index (χ1v) is 5.42. The Morgan fingerprint density at radius 3 is 2.83 bits per heavy atom. The maximum Gasteiger partial charge on any atom is 0.274 e. The fourth-order valence-corrected chi connectivity index (χ4v) is 1.33. The summed E-state index contributed by atoms with van der Waals surface area (Å²) < 4.78 is 4.94. The topological polar surface area (TPSA) is 107 Å². The molecule has 1 rings (SSSR count). The van der Waals surface area contributed by atoms with Crippen LogP contribution in [0.2, 0.25) is 0 Å². The van der Waals surface area contributed by atoms with Crippen LogP contribution < -0.4 is 11.1 Å². The van der Waals surface area contributed by atoms with Crippen LogP contribution in [0.15, 0.2) is 24.3 Å². The SMILES string of the molecule is NCCOCC(=O)NCc1ccccc1[N+](=O)[O-]. The largest absolute Gasteiger partial charge is 0.370 e. The summed E-state index contributed by atoms with van der Waals surface area (Å²) in [5.41, 5.74) is 5.64. The van der Waals surface area contributed by atoms with Crippen molar-refractivity contribution in [1.82, 2.24) is 5.32 Å². The van der Waals surface area contributed by atoms with E-state index in [0.29, 0.717) is 18.7 Å². The van der Waals surface area contributed by atoms with E-state index in [-0.39, 0.29) is 24.7 Å². The van der Waals surface area contributed by atoms with E-state index in [1.807, 2.05) is 0 Å². The Balaban J connectivity index is 2.48. The van der Waals surface area contributed by atoms with Gasteiger partial charge in [0.05, 0.1) is 11.5 Å². The number of rotatable bonds is 7. The molecule has 0 unspecified atom stereocenters. The average Bonchev–Trinajstić information content (AvgIpc) is 2.37. The lowest BCUT2D eigenvalue weighted by molar-refractivity contribution is -0.385. The number of ether oxygens (including phenoxy) is 1. The molecule has 0 aliphatic carbocycles. The molecule has 0 heterocycles. The number of carbonyl (C=O) groups excluding carboxylic acids is 1. The Hall–Kier alpha value is -1.99. The van der Waals surface area contributed by atoms with Crippen molar-refractivity contribution in [1.29, 1.82) is 0 Å². The van der Waals surface area contributed by atoms with Crippen LogP contribution in [0.4, 0.5) is 5.69 Å². The van der Waals surface area contributed by atoms with E-state index >= 15 is 0 Å². The number of hydrogen-bond acceptors (Lipinski definition) is 5. The molecule has 0 fully saturated rings. The maximum absolute atomic E-state index is 11.3. The van der Waals surface area contributed by atoms with Gasteiger partial charge in [0.1, 0.15) is 6.61 Å². The second-order valence-corrected chi connectivity index (χ2v) is 3.50. The molecule has 3 N–H and O–H groups in total. The zero-order valence-electron chi connectivity index (χ0n) is 9.80. The van der Waals surface area contributed by atoms with Crippen molar-refractivity contribution in [3.05, 3.63) is 39.9 Å². The van der Waals surface area contributed by atoms with Gasteiger partial charge in [-0.2, -0.15) is 0 Å². The molecular formula is C11H15N3O4. The third-order valence-electron chi connectivity index (χ3n) is 2.16. The number of nitrogens with one attached hydrogen (secondary N) is 1. The minimum atomic E-state index is -0.480. The lowest BCUT2D eigenvalue weighted by Crippen LogP contribution is -2.28. The number of amides is 1. The molecule has 1 aromatic carbocycles. The molecule has 7 nitrogen and oxygen atoms in total. The summed E-state index contributed by atoms with van der Waals surface area (Å²) in [7, 11) is 0. The highest BCUT2D eigenvalue weighted by Gasteiger charge is 2.12. The van der Waals surface area contributed by atoms with Gasteiger partial charge < -0.3 is 15.8 Å². The molecule has 0 bridgehead atoms. The molecule has 0 aromatic heterocycles. The molecule has 7 heteroatoms. The highest BCUT2D eigenvalue weighted by molar-refractivity contribution is 5.77. The number of nitrogens with two attached hydrogens (primary N) is 1. The standard InChI is InChI=1S/C11H15N3O4/c12-5-6-18-8-11(15)13-7-9-3-1-2-4-10(9)14(16)17/h1-4H,5-8,12H2,(H,13,15). The first-order chi connectivity index (χ1) is 8.65. The zero-order valence-corrected chi connectivity index (χ0v) is 9.80. The molecule has 0 saturated heterocycles. The van der Waals surface area contributed by atoms with E-state index in [9.17, 15) is 14.9 Å². The minimum absolute atomic E-state index is 0.0133. The van der Waals surface area contributed by atoms with Gasteiger partial charge in [0.25, 0.3) is 5.69 Å². The molecular weight excluding hydrogens is 238 g/mol. The number of benzene rings is 1. The van der Waals surface area contributed by atoms with Gasteiger partial charge in [-0.15, -0.1) is 0 Å². The Bertz CT molecular complexity index is 423. The third-order valence-corrected chi connectivity index (χ3v) is 2.16. The van der Waals surface area contributed by atoms with Crippen molar-refractivity contribution < 1.29 is 14.5 Å². The molecule has 98 valence electrons. The van der Waals surface area contributed by atoms with E-state index in [1.165, 1.54) is 6.07 Å². The van der Waals surface area contributed by atoms with Gasteiger partial charge >= 0.3 is 0 Å². The van der Waals surface area contributed by atoms with Crippen LogP contribution in [0.1, 0.15) is 5.56 Å². The van der Waals surface area contributed by atoms with Crippen molar-refractivity contribution in [2.45, 2.75) is 6.54 Å². The monoisotopic (exact) mass is 253 g/mol. The molecule has 0 saturated carbocycles. The van der Waals surface area contributed by atoms with Crippen LogP contribution in [-0.2, 0) is 16.1 Å². The van der Waals surface area contributed by atoms with Crippen molar-refractivity contribution in [2.75, 3.05) is 19.8 Å². The Morgan fingerprint density at radius 2 is 2.17 bits per heavy atom. The predicted octanol–water partition coefficient (Wildman–Crippen LogP) is 0.186. The van der Waals surface area contributed by atoms with Crippen LogP contribution in [0, 0.1) is 10.1 Å². The van der Waals surface area contributed by atoms with Crippen molar-refractivity contribution in [3.8, 4) is 0 Å². The first kappa shape index (κ1) is 14.1. The number of nitro benzene ring substituents is 1. The smallest absolute Gasteiger partial charge is 0.274 e. The van der Waals surface area contributed by atoms with Gasteiger partial charge in [0.15, 0.2) is 0 Å². The second-order valence-electron chi connectivity index (χ2n) is 3.50. The summed E-state index contributed by atoms with van der Waals surface area (Å²) in [5.74, 6) is -0.332. The summed E-state index contributed by atoms with van der Waals surface area (Å²) in [6.45, 7) is 0.649. The molecule has 18 heavy (non-hydrogen) atoms. The van der Waals surface area contributed by atoms with Crippen LogP contribution in [0.3, 0.4) is 0 Å². The molecule has 0 aliphatic heterocycles. The fourth-order valence-electron chi connectivity index (χ4n) is 1.33. The number of carbonyl (C=O) groups is 1. The van der Waals surface area contributed by atoms with E-state index in [2.05, 4.69) is 5.32 Å². The number of nitrogens with zero attached hydrogens (tertiary/aromatic N) is 1. The summed E-state index contributed by atoms with van der Waals surface area (Å²) in [6, 6.07) is 6.25. The number of nitro groups is 1. The van der Waals surface area contributed by atoms with Gasteiger partial charge in [-0.1, -0.05) is 18.2 Å². The van der Waals surface area contributed by atoms with Gasteiger partial charge in [-0.25, -0.2) is 0 Å². The van der Waals surface area contributed by atoms with Gasteiger partial charge in [0, 0.05) is 24.7 Å². The second kappa shape index (κ2) is 7.36. The number of hydrogen-bond donors (Lipinski definition) is 2. The third kappa shape index (κ3) is 4.48.